The van der Waals surface area contributed by atoms with Crippen molar-refractivity contribution in [3.05, 3.63) is 65.7 Å². The van der Waals surface area contributed by atoms with Crippen LogP contribution in [0.3, 0.4) is 0 Å². The number of amides is 6. The summed E-state index contributed by atoms with van der Waals surface area (Å²) >= 11 is 16.9. The van der Waals surface area contributed by atoms with E-state index in [1.165, 1.54) is 6.08 Å². The SMILES string of the molecule is C=CCOC(=O)N[C@H](C(=O)N[C@@H](CCCCNC(=O)OCC(Cl)(Cl)Cl)C(=O)Nc1ccc(COC(=O)Nc2cc(O[Si](C(C)C)(C(C)C)C(C)C)c(C)cc2C(=O)N2CC3(CC3)C[C@H]2CO)cc1)C(C)C. The number of halogens is 3. The van der Waals surface area contributed by atoms with Gasteiger partial charge in [-0.05, 0) is 103 Å². The summed E-state index contributed by atoms with van der Waals surface area (Å²) in [6.07, 6.45) is 2.62. The summed E-state index contributed by atoms with van der Waals surface area (Å²) < 4.78 is 20.9. The quantitative estimate of drug-likeness (QED) is 0.0191. The monoisotopic (exact) mass is 1070 g/mol. The third-order valence-corrected chi connectivity index (χ3v) is 19.5. The molecule has 1 spiro atoms. The predicted octanol–water partition coefficient (Wildman–Crippen LogP) is 9.91. The van der Waals surface area contributed by atoms with Crippen LogP contribution in [0.15, 0.2) is 49.1 Å². The predicted molar refractivity (Wildman–Crippen MR) is 279 cm³/mol. The number of ether oxygens (including phenoxy) is 3. The smallest absolute Gasteiger partial charge is 0.411 e. The zero-order chi connectivity index (χ0) is 52.8. The maximum atomic E-state index is 14.4. The molecule has 17 nitrogen and oxygen atoms in total. The van der Waals surface area contributed by atoms with Gasteiger partial charge in [0.2, 0.25) is 15.6 Å². The summed E-state index contributed by atoms with van der Waals surface area (Å²) in [6.45, 7) is 21.9. The summed E-state index contributed by atoms with van der Waals surface area (Å²) in [7, 11) is -2.45. The van der Waals surface area contributed by atoms with Crippen LogP contribution in [-0.2, 0) is 30.4 Å². The second-order valence-electron chi connectivity index (χ2n) is 19.9. The van der Waals surface area contributed by atoms with Crippen LogP contribution in [0.5, 0.6) is 5.75 Å². The second kappa shape index (κ2) is 26.3. The molecule has 394 valence electrons. The minimum Gasteiger partial charge on any atom is -0.542 e. The number of aryl methyl sites for hydroxylation is 1. The van der Waals surface area contributed by atoms with Crippen molar-refractivity contribution in [2.45, 2.75) is 146 Å². The molecule has 3 atom stereocenters. The van der Waals surface area contributed by atoms with Gasteiger partial charge in [0, 0.05) is 24.8 Å². The minimum absolute atomic E-state index is 0.0356. The van der Waals surface area contributed by atoms with Gasteiger partial charge >= 0.3 is 18.3 Å². The van der Waals surface area contributed by atoms with Crippen LogP contribution in [0.4, 0.5) is 25.8 Å². The molecule has 0 aromatic heterocycles. The van der Waals surface area contributed by atoms with Crippen molar-refractivity contribution in [3.63, 3.8) is 0 Å². The number of unbranched alkanes of at least 4 members (excludes halogenated alkanes) is 1. The van der Waals surface area contributed by atoms with E-state index in [2.05, 4.69) is 74.7 Å². The largest absolute Gasteiger partial charge is 0.542 e. The summed E-state index contributed by atoms with van der Waals surface area (Å²) in [5, 5.41) is 23.7. The Kier molecular flexibility index (Phi) is 21.8. The fourth-order valence-corrected chi connectivity index (χ4v) is 14.8. The number of hydrogen-bond donors (Lipinski definition) is 6. The zero-order valence-corrected chi connectivity index (χ0v) is 45.7. The number of aliphatic hydroxyl groups is 1. The van der Waals surface area contributed by atoms with Crippen molar-refractivity contribution < 1.29 is 52.5 Å². The number of likely N-dealkylation sites (tertiary alicyclic amines) is 1. The third kappa shape index (κ3) is 16.9. The molecule has 1 heterocycles. The number of anilines is 2. The van der Waals surface area contributed by atoms with Gasteiger partial charge in [0.15, 0.2) is 0 Å². The molecule has 1 saturated carbocycles. The Hall–Kier alpha value is -4.75. The van der Waals surface area contributed by atoms with E-state index >= 15 is 0 Å². The normalized spacial score (nSPS) is 16.1. The molecule has 2 aromatic carbocycles. The molecule has 2 aliphatic rings. The number of nitrogens with one attached hydrogen (secondary N) is 5. The minimum atomic E-state index is -2.45. The van der Waals surface area contributed by atoms with Crippen LogP contribution < -0.4 is 31.0 Å². The van der Waals surface area contributed by atoms with E-state index in [4.69, 9.17) is 53.4 Å². The van der Waals surface area contributed by atoms with E-state index in [1.54, 1.807) is 55.1 Å². The van der Waals surface area contributed by atoms with Gasteiger partial charge in [-0.25, -0.2) is 14.4 Å². The molecule has 2 aromatic rings. The van der Waals surface area contributed by atoms with Crippen molar-refractivity contribution >= 4 is 90.5 Å². The van der Waals surface area contributed by atoms with Crippen molar-refractivity contribution in [1.82, 2.24) is 20.9 Å². The Morgan fingerprint density at radius 2 is 1.51 bits per heavy atom. The maximum absolute atomic E-state index is 14.4. The molecular weight excluding hydrogens is 995 g/mol. The first-order valence-corrected chi connectivity index (χ1v) is 27.5. The van der Waals surface area contributed by atoms with Gasteiger partial charge < -0.3 is 49.9 Å². The number of rotatable bonds is 24. The molecule has 6 amide bonds. The molecule has 1 aliphatic carbocycles. The fourth-order valence-electron chi connectivity index (χ4n) is 9.32. The van der Waals surface area contributed by atoms with E-state index in [9.17, 15) is 33.9 Å². The second-order valence-corrected chi connectivity index (χ2v) is 27.8. The Bertz CT molecular complexity index is 2160. The Balaban J connectivity index is 1.48. The lowest BCUT2D eigenvalue weighted by Crippen LogP contribution is -2.54. The molecule has 21 heteroatoms. The van der Waals surface area contributed by atoms with E-state index in [0.29, 0.717) is 36.4 Å². The molecule has 6 N–H and O–H groups in total. The Labute approximate surface area is 434 Å². The van der Waals surface area contributed by atoms with E-state index in [-0.39, 0.29) is 83.9 Å². The number of aliphatic hydroxyl groups excluding tert-OH is 1. The highest BCUT2D eigenvalue weighted by atomic mass is 35.6. The van der Waals surface area contributed by atoms with Gasteiger partial charge in [-0.3, -0.25) is 19.7 Å². The maximum Gasteiger partial charge on any atom is 0.411 e. The van der Waals surface area contributed by atoms with Gasteiger partial charge in [0.25, 0.3) is 14.2 Å². The molecule has 0 radical (unpaired) electrons. The Morgan fingerprint density at radius 1 is 0.859 bits per heavy atom. The van der Waals surface area contributed by atoms with Gasteiger partial charge in [0.1, 0.15) is 37.7 Å². The summed E-state index contributed by atoms with van der Waals surface area (Å²) in [5.74, 6) is -1.24. The van der Waals surface area contributed by atoms with Crippen molar-refractivity contribution in [1.29, 1.82) is 0 Å². The molecule has 2 fully saturated rings. The molecular formula is C50H73Cl3N6O11Si. The number of alkyl halides is 3. The van der Waals surface area contributed by atoms with Crippen LogP contribution in [-0.4, -0.2) is 109 Å². The number of carbonyl (C=O) groups is 6. The first kappa shape index (κ1) is 58.8. The number of alkyl carbamates (subject to hydrolysis) is 2. The highest BCUT2D eigenvalue weighted by Crippen LogP contribution is 2.55. The Morgan fingerprint density at radius 3 is 2.07 bits per heavy atom. The van der Waals surface area contributed by atoms with Gasteiger partial charge in [-0.2, -0.15) is 0 Å². The van der Waals surface area contributed by atoms with Crippen LogP contribution in [0.25, 0.3) is 0 Å². The fraction of sp³-hybridized carbons (Fsp3) is 0.600. The van der Waals surface area contributed by atoms with Crippen LogP contribution in [0.1, 0.15) is 115 Å². The lowest BCUT2D eigenvalue weighted by atomic mass is 10.0. The highest BCUT2D eigenvalue weighted by molar-refractivity contribution is 6.78. The van der Waals surface area contributed by atoms with Crippen LogP contribution in [0, 0.1) is 18.3 Å². The standard InChI is InChI=1S/C50H73Cl3N6O11Si/c1-11-22-67-48(66)58-42(30(2)3)44(62)56-39(14-12-13-21-54-46(64)69-29-50(51,52)53)43(61)55-36-17-15-35(16-18-36)27-68-47(65)57-40-24-41(70-71(31(4)5,32(6)7)33(8)9)34(10)23-38(40)45(63)59-28-49(19-20-49)25-37(59)26-60/h11,15-18,23-24,30-33,37,39,42,60H,1,12-14,19-22,25-29H2,2-10H3,(H,54,64)(H,55,61)(H,56,62)(H,57,65)(H,58,66)/t37-,39-,42-/m0/s1. The highest BCUT2D eigenvalue weighted by Gasteiger charge is 2.53. The van der Waals surface area contributed by atoms with E-state index in [0.717, 1.165) is 24.8 Å². The lowest BCUT2D eigenvalue weighted by molar-refractivity contribution is -0.128. The lowest BCUT2D eigenvalue weighted by Gasteiger charge is -2.42. The number of nitrogens with zero attached hydrogens (tertiary/aromatic N) is 1. The van der Waals surface area contributed by atoms with Gasteiger partial charge in [-0.15, -0.1) is 0 Å². The summed E-state index contributed by atoms with van der Waals surface area (Å²) in [4.78, 5) is 81.4. The first-order valence-electron chi connectivity index (χ1n) is 24.3. The van der Waals surface area contributed by atoms with Gasteiger partial charge in [-0.1, -0.05) is 115 Å². The topological polar surface area (TPSA) is 223 Å². The number of hydrogen-bond acceptors (Lipinski definition) is 11. The van der Waals surface area contributed by atoms with Crippen molar-refractivity contribution in [3.8, 4) is 5.75 Å². The first-order chi connectivity index (χ1) is 33.3. The number of carbonyl (C=O) groups excluding carboxylic acids is 6. The van der Waals surface area contributed by atoms with Crippen molar-refractivity contribution in [2.24, 2.45) is 11.3 Å². The average Bonchev–Trinajstić information content (AvgIpc) is 3.96. The summed E-state index contributed by atoms with van der Waals surface area (Å²) in [5.41, 5.74) is 3.08. The molecule has 0 unspecified atom stereocenters. The van der Waals surface area contributed by atoms with Gasteiger partial charge in [0.05, 0.1) is 23.9 Å². The van der Waals surface area contributed by atoms with Crippen molar-refractivity contribution in [2.75, 3.05) is 43.5 Å². The van der Waals surface area contributed by atoms with E-state index < -0.39 is 60.9 Å². The van der Waals surface area contributed by atoms with E-state index in [1.807, 2.05) is 6.92 Å². The average molecular weight is 1070 g/mol. The molecule has 4 rings (SSSR count). The number of benzene rings is 2. The zero-order valence-electron chi connectivity index (χ0n) is 42.4. The van der Waals surface area contributed by atoms with Crippen LogP contribution in [0.2, 0.25) is 16.6 Å². The third-order valence-electron chi connectivity index (χ3n) is 13.2. The van der Waals surface area contributed by atoms with Crippen LogP contribution >= 0.6 is 34.8 Å². The summed E-state index contributed by atoms with van der Waals surface area (Å²) in [6, 6.07) is 7.60. The molecule has 71 heavy (non-hydrogen) atoms. The molecule has 0 bridgehead atoms. The molecule has 1 aliphatic heterocycles. The molecule has 1 saturated heterocycles.